The van der Waals surface area contributed by atoms with Crippen LogP contribution in [0.25, 0.3) is 0 Å². The molecule has 7 nitrogen and oxygen atoms in total. The first-order chi connectivity index (χ1) is 13.9. The van der Waals surface area contributed by atoms with Crippen molar-refractivity contribution in [3.8, 4) is 5.75 Å². The average molecular weight is 401 g/mol. The molecule has 2 aromatic rings. The Kier molecular flexibility index (Phi) is 8.48. The normalized spacial score (nSPS) is 11.7. The molecule has 156 valence electrons. The molecule has 1 amide bonds. The molecule has 0 heterocycles. The van der Waals surface area contributed by atoms with Gasteiger partial charge in [0.2, 0.25) is 0 Å². The van der Waals surface area contributed by atoms with E-state index < -0.39 is 18.2 Å². The van der Waals surface area contributed by atoms with Gasteiger partial charge in [0.1, 0.15) is 12.4 Å². The molecule has 2 aromatic carbocycles. The van der Waals surface area contributed by atoms with Gasteiger partial charge in [-0.1, -0.05) is 24.3 Å². The molecule has 0 aromatic heterocycles. The maximum atomic E-state index is 12.0. The number of hydrogen-bond acceptors (Lipinski definition) is 5. The maximum Gasteiger partial charge on any atom is 0.411 e. The van der Waals surface area contributed by atoms with Crippen LogP contribution in [0.3, 0.4) is 0 Å². The fraction of sp³-hybridized carbons (Fsp3) is 0.364. The highest BCUT2D eigenvalue weighted by Crippen LogP contribution is 2.16. The molecule has 0 aliphatic carbocycles. The van der Waals surface area contributed by atoms with Crippen molar-refractivity contribution in [1.29, 1.82) is 0 Å². The largest absolute Gasteiger partial charge is 0.494 e. The van der Waals surface area contributed by atoms with E-state index in [1.807, 2.05) is 25.1 Å². The van der Waals surface area contributed by atoms with Crippen LogP contribution in [-0.2, 0) is 27.3 Å². The van der Waals surface area contributed by atoms with Crippen molar-refractivity contribution in [2.45, 2.75) is 46.0 Å². The summed E-state index contributed by atoms with van der Waals surface area (Å²) < 4.78 is 16.0. The second-order valence-electron chi connectivity index (χ2n) is 6.69. The number of benzene rings is 2. The molecule has 1 atom stereocenters. The lowest BCUT2D eigenvalue weighted by Gasteiger charge is -2.17. The van der Waals surface area contributed by atoms with Gasteiger partial charge in [0.05, 0.1) is 12.7 Å². The van der Waals surface area contributed by atoms with Gasteiger partial charge in [0, 0.05) is 12.1 Å². The van der Waals surface area contributed by atoms with Crippen molar-refractivity contribution in [2.24, 2.45) is 0 Å². The minimum atomic E-state index is -1.00. The zero-order chi connectivity index (χ0) is 21.2. The quantitative estimate of drug-likeness (QED) is 0.618. The van der Waals surface area contributed by atoms with E-state index in [2.05, 4.69) is 5.32 Å². The number of rotatable bonds is 10. The minimum absolute atomic E-state index is 0.0689. The molecule has 29 heavy (non-hydrogen) atoms. The standard InChI is InChI=1S/C22H27NO6/c1-4-27-19-10-8-18(9-11-19)23-22(26)28-14-17-7-5-6-16(12-17)13-20(21(24)25)29-15(2)3/h5-12,15,20H,4,13-14H2,1-3H3,(H,23,26)(H,24,25). The molecular weight excluding hydrogens is 374 g/mol. The van der Waals surface area contributed by atoms with Gasteiger partial charge in [-0.05, 0) is 56.2 Å². The summed E-state index contributed by atoms with van der Waals surface area (Å²) in [7, 11) is 0. The van der Waals surface area contributed by atoms with Gasteiger partial charge >= 0.3 is 12.1 Å². The summed E-state index contributed by atoms with van der Waals surface area (Å²) in [5, 5.41) is 12.0. The Labute approximate surface area is 170 Å². The predicted octanol–water partition coefficient (Wildman–Crippen LogP) is 4.25. The Morgan fingerprint density at radius 3 is 2.38 bits per heavy atom. The van der Waals surface area contributed by atoms with Crippen molar-refractivity contribution in [3.63, 3.8) is 0 Å². The molecule has 2 N–H and O–H groups in total. The summed E-state index contributed by atoms with van der Waals surface area (Å²) in [6.45, 7) is 6.13. The van der Waals surface area contributed by atoms with E-state index in [-0.39, 0.29) is 19.1 Å². The van der Waals surface area contributed by atoms with Crippen LogP contribution in [0.1, 0.15) is 31.9 Å². The van der Waals surface area contributed by atoms with Crippen LogP contribution in [0.2, 0.25) is 0 Å². The van der Waals surface area contributed by atoms with Gasteiger partial charge in [-0.25, -0.2) is 9.59 Å². The number of aliphatic carboxylic acids is 1. The Morgan fingerprint density at radius 1 is 1.07 bits per heavy atom. The van der Waals surface area contributed by atoms with E-state index in [4.69, 9.17) is 14.2 Å². The fourth-order valence-corrected chi connectivity index (χ4v) is 2.69. The van der Waals surface area contributed by atoms with Crippen molar-refractivity contribution in [1.82, 2.24) is 0 Å². The molecule has 0 radical (unpaired) electrons. The van der Waals surface area contributed by atoms with Crippen LogP contribution in [0, 0.1) is 0 Å². The minimum Gasteiger partial charge on any atom is -0.494 e. The zero-order valence-electron chi connectivity index (χ0n) is 16.9. The highest BCUT2D eigenvalue weighted by molar-refractivity contribution is 5.84. The molecule has 2 rings (SSSR count). The molecule has 0 bridgehead atoms. The third-order valence-corrected chi connectivity index (χ3v) is 3.91. The van der Waals surface area contributed by atoms with Gasteiger partial charge in [0.15, 0.2) is 6.10 Å². The number of carboxylic acid groups (broad SMARTS) is 1. The number of carbonyl (C=O) groups is 2. The maximum absolute atomic E-state index is 12.0. The topological polar surface area (TPSA) is 94.1 Å². The van der Waals surface area contributed by atoms with E-state index in [0.717, 1.165) is 16.9 Å². The lowest BCUT2D eigenvalue weighted by Crippen LogP contribution is -2.29. The third-order valence-electron chi connectivity index (χ3n) is 3.91. The molecule has 7 heteroatoms. The lowest BCUT2D eigenvalue weighted by molar-refractivity contribution is -0.153. The average Bonchev–Trinajstić information content (AvgIpc) is 2.67. The highest BCUT2D eigenvalue weighted by atomic mass is 16.5. The monoisotopic (exact) mass is 401 g/mol. The van der Waals surface area contributed by atoms with Gasteiger partial charge < -0.3 is 19.3 Å². The summed E-state index contributed by atoms with van der Waals surface area (Å²) in [5.41, 5.74) is 2.16. The van der Waals surface area contributed by atoms with E-state index >= 15 is 0 Å². The molecule has 0 saturated heterocycles. The van der Waals surface area contributed by atoms with Crippen LogP contribution >= 0.6 is 0 Å². The molecule has 0 saturated carbocycles. The molecule has 0 spiro atoms. The Morgan fingerprint density at radius 2 is 1.76 bits per heavy atom. The summed E-state index contributed by atoms with van der Waals surface area (Å²) in [6, 6.07) is 14.2. The first kappa shape index (κ1) is 22.2. The zero-order valence-corrected chi connectivity index (χ0v) is 16.9. The summed E-state index contributed by atoms with van der Waals surface area (Å²) in [4.78, 5) is 23.4. The predicted molar refractivity (Wildman–Crippen MR) is 109 cm³/mol. The van der Waals surface area contributed by atoms with Crippen molar-refractivity contribution >= 4 is 17.7 Å². The summed E-state index contributed by atoms with van der Waals surface area (Å²) >= 11 is 0. The second kappa shape index (κ2) is 11.1. The van der Waals surface area contributed by atoms with E-state index in [1.165, 1.54) is 0 Å². The Hall–Kier alpha value is -3.06. The van der Waals surface area contributed by atoms with Crippen LogP contribution in [0.5, 0.6) is 5.75 Å². The highest BCUT2D eigenvalue weighted by Gasteiger charge is 2.20. The van der Waals surface area contributed by atoms with Crippen molar-refractivity contribution in [3.05, 3.63) is 59.7 Å². The molecule has 0 aliphatic rings. The first-order valence-electron chi connectivity index (χ1n) is 9.50. The van der Waals surface area contributed by atoms with Gasteiger partial charge in [0.25, 0.3) is 0 Å². The van der Waals surface area contributed by atoms with Gasteiger partial charge in [-0.3, -0.25) is 5.32 Å². The smallest absolute Gasteiger partial charge is 0.411 e. The number of anilines is 1. The number of ether oxygens (including phenoxy) is 3. The third kappa shape index (κ3) is 7.83. The fourth-order valence-electron chi connectivity index (χ4n) is 2.69. The van der Waals surface area contributed by atoms with Crippen LogP contribution in [0.4, 0.5) is 10.5 Å². The Bertz CT molecular complexity index is 803. The van der Waals surface area contributed by atoms with Crippen molar-refractivity contribution in [2.75, 3.05) is 11.9 Å². The lowest BCUT2D eigenvalue weighted by atomic mass is 10.0. The molecule has 0 aliphatic heterocycles. The van der Waals surface area contributed by atoms with E-state index in [9.17, 15) is 14.7 Å². The Balaban J connectivity index is 1.89. The van der Waals surface area contributed by atoms with Crippen LogP contribution < -0.4 is 10.1 Å². The SMILES string of the molecule is CCOc1ccc(NC(=O)OCc2cccc(CC(OC(C)C)C(=O)O)c2)cc1. The number of amides is 1. The number of hydrogen-bond donors (Lipinski definition) is 2. The number of carboxylic acids is 1. The number of carbonyl (C=O) groups excluding carboxylic acids is 1. The summed E-state index contributed by atoms with van der Waals surface area (Å²) in [5.74, 6) is -0.278. The van der Waals surface area contributed by atoms with Gasteiger partial charge in [-0.15, -0.1) is 0 Å². The van der Waals surface area contributed by atoms with Crippen LogP contribution in [0.15, 0.2) is 48.5 Å². The molecular formula is C22H27NO6. The van der Waals surface area contributed by atoms with Crippen LogP contribution in [-0.4, -0.2) is 36.0 Å². The first-order valence-corrected chi connectivity index (χ1v) is 9.50. The summed E-state index contributed by atoms with van der Waals surface area (Å²) in [6.07, 6.45) is -1.45. The second-order valence-corrected chi connectivity index (χ2v) is 6.69. The van der Waals surface area contributed by atoms with Gasteiger partial charge in [-0.2, -0.15) is 0 Å². The van der Waals surface area contributed by atoms with E-state index in [1.54, 1.807) is 44.2 Å². The molecule has 0 fully saturated rings. The molecule has 1 unspecified atom stereocenters. The number of nitrogens with one attached hydrogen (secondary N) is 1. The van der Waals surface area contributed by atoms with E-state index in [0.29, 0.717) is 12.3 Å². The van der Waals surface area contributed by atoms with Crippen molar-refractivity contribution < 1.29 is 28.9 Å².